The number of nitrogens with zero attached hydrogens (tertiary/aromatic N) is 1. The van der Waals surface area contributed by atoms with Crippen LogP contribution in [-0.2, 0) is 0 Å². The second kappa shape index (κ2) is 6.28. The lowest BCUT2D eigenvalue weighted by Crippen LogP contribution is -2.29. The molecule has 3 nitrogen and oxygen atoms in total. The molecule has 0 amide bonds. The van der Waals surface area contributed by atoms with Crippen LogP contribution in [0, 0.1) is 11.6 Å². The normalized spacial score (nSPS) is 24.4. The Morgan fingerprint density at radius 2 is 1.81 bits per heavy atom. The van der Waals surface area contributed by atoms with E-state index in [0.29, 0.717) is 6.54 Å². The van der Waals surface area contributed by atoms with Gasteiger partial charge >= 0.3 is 0 Å². The number of hydrogen-bond acceptors (Lipinski definition) is 3. The SMILES string of the molecule is CN1CCC(c2cc(F)c(OC3CCNC3)c(F)c2)CC1. The van der Waals surface area contributed by atoms with E-state index < -0.39 is 11.6 Å². The van der Waals surface area contributed by atoms with E-state index in [1.54, 1.807) is 0 Å². The summed E-state index contributed by atoms with van der Waals surface area (Å²) in [7, 11) is 2.07. The van der Waals surface area contributed by atoms with Gasteiger partial charge in [0, 0.05) is 6.54 Å². The third-order valence-corrected chi connectivity index (χ3v) is 4.51. The zero-order valence-electron chi connectivity index (χ0n) is 12.4. The van der Waals surface area contributed by atoms with Crippen LogP contribution in [0.25, 0.3) is 0 Å². The molecule has 2 fully saturated rings. The Morgan fingerprint density at radius 1 is 1.14 bits per heavy atom. The summed E-state index contributed by atoms with van der Waals surface area (Å²) in [5, 5.41) is 3.12. The molecule has 0 radical (unpaired) electrons. The van der Waals surface area contributed by atoms with Crippen molar-refractivity contribution in [3.63, 3.8) is 0 Å². The van der Waals surface area contributed by atoms with Crippen LogP contribution in [0.5, 0.6) is 5.75 Å². The average Bonchev–Trinajstić information content (AvgIpc) is 2.96. The highest BCUT2D eigenvalue weighted by atomic mass is 19.1. The summed E-state index contributed by atoms with van der Waals surface area (Å²) in [6, 6.07) is 2.91. The van der Waals surface area contributed by atoms with E-state index >= 15 is 0 Å². The van der Waals surface area contributed by atoms with Gasteiger partial charge in [0.15, 0.2) is 17.4 Å². The maximum absolute atomic E-state index is 14.2. The first-order valence-electron chi connectivity index (χ1n) is 7.68. The molecule has 1 unspecified atom stereocenters. The lowest BCUT2D eigenvalue weighted by Gasteiger charge is -2.29. The Labute approximate surface area is 124 Å². The first kappa shape index (κ1) is 14.7. The Morgan fingerprint density at radius 3 is 2.38 bits per heavy atom. The van der Waals surface area contributed by atoms with Crippen LogP contribution in [0.2, 0.25) is 0 Å². The third kappa shape index (κ3) is 3.35. The van der Waals surface area contributed by atoms with E-state index in [1.807, 2.05) is 0 Å². The maximum atomic E-state index is 14.2. The smallest absolute Gasteiger partial charge is 0.191 e. The number of hydrogen-bond donors (Lipinski definition) is 1. The standard InChI is InChI=1S/C16H22F2N2O/c1-20-6-3-11(4-7-20)12-8-14(17)16(15(18)9-12)21-13-2-5-19-10-13/h8-9,11,13,19H,2-7,10H2,1H3. The van der Waals surface area contributed by atoms with Crippen LogP contribution in [0.4, 0.5) is 8.78 Å². The molecule has 1 aromatic rings. The highest BCUT2D eigenvalue weighted by Crippen LogP contribution is 2.33. The van der Waals surface area contributed by atoms with Crippen LogP contribution in [0.1, 0.15) is 30.7 Å². The molecular formula is C16H22F2N2O. The molecule has 0 saturated carbocycles. The molecule has 0 spiro atoms. The number of benzene rings is 1. The van der Waals surface area contributed by atoms with Crippen LogP contribution in [0.3, 0.4) is 0 Å². The number of halogens is 2. The van der Waals surface area contributed by atoms with Crippen molar-refractivity contribution in [1.82, 2.24) is 10.2 Å². The molecule has 0 aliphatic carbocycles. The predicted molar refractivity (Wildman–Crippen MR) is 77.7 cm³/mol. The molecule has 2 saturated heterocycles. The van der Waals surface area contributed by atoms with Crippen molar-refractivity contribution < 1.29 is 13.5 Å². The number of rotatable bonds is 3. The van der Waals surface area contributed by atoms with Gasteiger partial charge in [-0.1, -0.05) is 0 Å². The molecule has 116 valence electrons. The minimum Gasteiger partial charge on any atom is -0.483 e. The van der Waals surface area contributed by atoms with E-state index in [1.165, 1.54) is 12.1 Å². The summed E-state index contributed by atoms with van der Waals surface area (Å²) < 4.78 is 33.9. The summed E-state index contributed by atoms with van der Waals surface area (Å²) >= 11 is 0. The average molecular weight is 296 g/mol. The van der Waals surface area contributed by atoms with Crippen molar-refractivity contribution in [3.05, 3.63) is 29.3 Å². The zero-order valence-corrected chi connectivity index (χ0v) is 12.4. The summed E-state index contributed by atoms with van der Waals surface area (Å²) in [6.45, 7) is 3.43. The van der Waals surface area contributed by atoms with Gasteiger partial charge in [-0.25, -0.2) is 8.78 Å². The Kier molecular flexibility index (Phi) is 4.40. The first-order valence-corrected chi connectivity index (χ1v) is 7.68. The second-order valence-electron chi connectivity index (χ2n) is 6.12. The van der Waals surface area contributed by atoms with Gasteiger partial charge in [-0.05, 0) is 69.6 Å². The largest absolute Gasteiger partial charge is 0.483 e. The van der Waals surface area contributed by atoms with Crippen molar-refractivity contribution in [2.24, 2.45) is 0 Å². The van der Waals surface area contributed by atoms with Gasteiger partial charge in [0.1, 0.15) is 6.10 Å². The van der Waals surface area contributed by atoms with E-state index in [-0.39, 0.29) is 17.8 Å². The van der Waals surface area contributed by atoms with Gasteiger partial charge in [0.2, 0.25) is 0 Å². The fourth-order valence-corrected chi connectivity index (χ4v) is 3.17. The van der Waals surface area contributed by atoms with Crippen molar-refractivity contribution in [3.8, 4) is 5.75 Å². The van der Waals surface area contributed by atoms with Crippen molar-refractivity contribution in [1.29, 1.82) is 0 Å². The third-order valence-electron chi connectivity index (χ3n) is 4.51. The van der Waals surface area contributed by atoms with Gasteiger partial charge in [0.05, 0.1) is 0 Å². The van der Waals surface area contributed by atoms with Crippen molar-refractivity contribution in [2.45, 2.75) is 31.3 Å². The Hall–Kier alpha value is -1.20. The fourth-order valence-electron chi connectivity index (χ4n) is 3.17. The Bertz CT molecular complexity index is 472. The maximum Gasteiger partial charge on any atom is 0.191 e. The molecule has 2 aliphatic heterocycles. The molecular weight excluding hydrogens is 274 g/mol. The van der Waals surface area contributed by atoms with Gasteiger partial charge < -0.3 is 15.0 Å². The monoisotopic (exact) mass is 296 g/mol. The lowest BCUT2D eigenvalue weighted by atomic mass is 9.89. The van der Waals surface area contributed by atoms with Crippen LogP contribution >= 0.6 is 0 Å². The summed E-state index contributed by atoms with van der Waals surface area (Å²) in [5.41, 5.74) is 0.759. The molecule has 2 aliphatic rings. The van der Waals surface area contributed by atoms with Crippen LogP contribution < -0.4 is 10.1 Å². The summed E-state index contributed by atoms with van der Waals surface area (Å²) in [4.78, 5) is 2.24. The predicted octanol–water partition coefficient (Wildman–Crippen LogP) is 2.51. The van der Waals surface area contributed by atoms with Gasteiger partial charge in [-0.2, -0.15) is 0 Å². The molecule has 1 N–H and O–H groups in total. The van der Waals surface area contributed by atoms with E-state index in [9.17, 15) is 8.78 Å². The molecule has 1 atom stereocenters. The zero-order chi connectivity index (χ0) is 14.8. The number of likely N-dealkylation sites (tertiary alicyclic amines) is 1. The highest BCUT2D eigenvalue weighted by Gasteiger charge is 2.24. The molecule has 21 heavy (non-hydrogen) atoms. The molecule has 0 bridgehead atoms. The summed E-state index contributed by atoms with van der Waals surface area (Å²) in [5.74, 6) is -1.13. The molecule has 1 aromatic carbocycles. The van der Waals surface area contributed by atoms with Gasteiger partial charge in [0.25, 0.3) is 0 Å². The highest BCUT2D eigenvalue weighted by molar-refractivity contribution is 5.33. The first-order chi connectivity index (χ1) is 10.1. The second-order valence-corrected chi connectivity index (χ2v) is 6.12. The molecule has 0 aromatic heterocycles. The van der Waals surface area contributed by atoms with Gasteiger partial charge in [-0.3, -0.25) is 0 Å². The van der Waals surface area contributed by atoms with Crippen LogP contribution in [-0.4, -0.2) is 44.2 Å². The summed E-state index contributed by atoms with van der Waals surface area (Å²) in [6.07, 6.45) is 2.54. The number of nitrogens with one attached hydrogen (secondary N) is 1. The Balaban J connectivity index is 1.75. The van der Waals surface area contributed by atoms with E-state index in [2.05, 4.69) is 17.3 Å². The van der Waals surface area contributed by atoms with E-state index in [4.69, 9.17) is 4.74 Å². The minimum atomic E-state index is -0.573. The van der Waals surface area contributed by atoms with Crippen molar-refractivity contribution >= 4 is 0 Å². The quantitative estimate of drug-likeness (QED) is 0.927. The number of piperidine rings is 1. The number of ether oxygens (including phenoxy) is 1. The topological polar surface area (TPSA) is 24.5 Å². The fraction of sp³-hybridized carbons (Fsp3) is 0.625. The van der Waals surface area contributed by atoms with E-state index in [0.717, 1.165) is 44.5 Å². The molecule has 3 rings (SSSR count). The molecule has 2 heterocycles. The van der Waals surface area contributed by atoms with Crippen LogP contribution in [0.15, 0.2) is 12.1 Å². The van der Waals surface area contributed by atoms with Gasteiger partial charge in [-0.15, -0.1) is 0 Å². The lowest BCUT2D eigenvalue weighted by molar-refractivity contribution is 0.202. The minimum absolute atomic E-state index is 0.136. The van der Waals surface area contributed by atoms with Crippen molar-refractivity contribution in [2.75, 3.05) is 33.2 Å². The molecule has 5 heteroatoms.